The molecular weight excluding hydrogens is 342 g/mol. The first-order valence-electron chi connectivity index (χ1n) is 10.1. The molecule has 0 atom stereocenters. The van der Waals surface area contributed by atoms with Gasteiger partial charge in [0.2, 0.25) is 5.91 Å². The summed E-state index contributed by atoms with van der Waals surface area (Å²) in [6.07, 6.45) is 6.31. The van der Waals surface area contributed by atoms with Crippen molar-refractivity contribution in [3.8, 4) is 5.75 Å². The Bertz CT molecular complexity index is 639. The molecule has 0 bridgehead atoms. The number of nitrogens with one attached hydrogen (secondary N) is 2. The summed E-state index contributed by atoms with van der Waals surface area (Å²) in [6, 6.07) is 7.15. The van der Waals surface area contributed by atoms with Crippen molar-refractivity contribution < 1.29 is 14.3 Å². The number of nitrogens with zero attached hydrogens (tertiary/aromatic N) is 1. The molecule has 2 N–H and O–H groups in total. The van der Waals surface area contributed by atoms with Crippen LogP contribution in [0.4, 0.5) is 5.69 Å². The van der Waals surface area contributed by atoms with E-state index in [1.165, 1.54) is 19.3 Å². The largest absolute Gasteiger partial charge is 0.484 e. The second-order valence-corrected chi connectivity index (χ2v) is 7.70. The monoisotopic (exact) mass is 373 g/mol. The summed E-state index contributed by atoms with van der Waals surface area (Å²) in [7, 11) is 0. The first kappa shape index (κ1) is 19.7. The summed E-state index contributed by atoms with van der Waals surface area (Å²) >= 11 is 0. The Balaban J connectivity index is 1.47. The van der Waals surface area contributed by atoms with Crippen LogP contribution in [0.1, 0.15) is 45.4 Å². The van der Waals surface area contributed by atoms with Crippen LogP contribution >= 0.6 is 0 Å². The van der Waals surface area contributed by atoms with Gasteiger partial charge in [-0.15, -0.1) is 0 Å². The average Bonchev–Trinajstić information content (AvgIpc) is 2.90. The zero-order chi connectivity index (χ0) is 19.1. The Labute approximate surface area is 161 Å². The number of likely N-dealkylation sites (tertiary alicyclic amines) is 1. The van der Waals surface area contributed by atoms with Gasteiger partial charge in [0, 0.05) is 25.2 Å². The van der Waals surface area contributed by atoms with Crippen LogP contribution in [0.25, 0.3) is 0 Å². The number of amides is 2. The topological polar surface area (TPSA) is 70.7 Å². The van der Waals surface area contributed by atoms with Crippen molar-refractivity contribution in [1.82, 2.24) is 10.2 Å². The Morgan fingerprint density at radius 3 is 2.56 bits per heavy atom. The molecule has 2 aliphatic rings. The van der Waals surface area contributed by atoms with Crippen LogP contribution in [-0.2, 0) is 9.59 Å². The van der Waals surface area contributed by atoms with E-state index >= 15 is 0 Å². The molecule has 2 aliphatic heterocycles. The molecule has 1 spiro atoms. The van der Waals surface area contributed by atoms with Crippen molar-refractivity contribution in [2.75, 3.05) is 38.1 Å². The molecule has 0 aliphatic carbocycles. The van der Waals surface area contributed by atoms with E-state index in [9.17, 15) is 9.59 Å². The maximum absolute atomic E-state index is 12.6. The minimum absolute atomic E-state index is 0.0217. The number of ether oxygens (including phenoxy) is 1. The molecule has 0 radical (unpaired) electrons. The summed E-state index contributed by atoms with van der Waals surface area (Å²) in [5.41, 5.74) is 1.17. The lowest BCUT2D eigenvalue weighted by atomic mass is 9.73. The predicted octanol–water partition coefficient (Wildman–Crippen LogP) is 2.80. The third-order valence-corrected chi connectivity index (χ3v) is 5.89. The predicted molar refractivity (Wildman–Crippen MR) is 106 cm³/mol. The van der Waals surface area contributed by atoms with Crippen molar-refractivity contribution in [1.29, 1.82) is 0 Å². The van der Waals surface area contributed by atoms with Gasteiger partial charge in [-0.3, -0.25) is 9.59 Å². The van der Waals surface area contributed by atoms with Gasteiger partial charge in [-0.05, 0) is 74.9 Å². The quantitative estimate of drug-likeness (QED) is 0.833. The Kier molecular flexibility index (Phi) is 6.72. The van der Waals surface area contributed by atoms with E-state index in [-0.39, 0.29) is 18.4 Å². The summed E-state index contributed by atoms with van der Waals surface area (Å²) < 4.78 is 5.67. The number of rotatable bonds is 5. The standard InChI is InChI=1S/C21H31N3O3/c1-2-19(25)23-17-4-6-18(7-5-17)27-16-20(26)24-14-3-8-21(11-15-24)9-12-22-13-10-21/h4-7,22H,2-3,8-16H2,1H3,(H,23,25). The number of anilines is 1. The maximum Gasteiger partial charge on any atom is 0.260 e. The fourth-order valence-corrected chi connectivity index (χ4v) is 4.08. The molecular formula is C21H31N3O3. The molecule has 27 heavy (non-hydrogen) atoms. The molecule has 2 heterocycles. The Morgan fingerprint density at radius 1 is 1.11 bits per heavy atom. The normalized spacial score (nSPS) is 19.4. The van der Waals surface area contributed by atoms with Crippen LogP contribution in [0.15, 0.2) is 24.3 Å². The molecule has 0 unspecified atom stereocenters. The van der Waals surface area contributed by atoms with E-state index in [0.717, 1.165) is 44.7 Å². The number of benzene rings is 1. The SMILES string of the molecule is CCC(=O)Nc1ccc(OCC(=O)N2CCCC3(CCNCC3)CC2)cc1. The van der Waals surface area contributed by atoms with Gasteiger partial charge in [-0.2, -0.15) is 0 Å². The molecule has 6 nitrogen and oxygen atoms in total. The highest BCUT2D eigenvalue weighted by molar-refractivity contribution is 5.90. The zero-order valence-corrected chi connectivity index (χ0v) is 16.3. The number of carbonyl (C=O) groups is 2. The third-order valence-electron chi connectivity index (χ3n) is 5.89. The second-order valence-electron chi connectivity index (χ2n) is 7.70. The lowest BCUT2D eigenvalue weighted by molar-refractivity contribution is -0.133. The molecule has 6 heteroatoms. The minimum atomic E-state index is -0.0217. The highest BCUT2D eigenvalue weighted by Gasteiger charge is 2.34. The van der Waals surface area contributed by atoms with Gasteiger partial charge in [0.05, 0.1) is 0 Å². The fourth-order valence-electron chi connectivity index (χ4n) is 4.08. The first-order valence-corrected chi connectivity index (χ1v) is 10.1. The summed E-state index contributed by atoms with van der Waals surface area (Å²) in [5, 5.41) is 6.24. The molecule has 2 saturated heterocycles. The molecule has 0 saturated carbocycles. The maximum atomic E-state index is 12.6. The Hall–Kier alpha value is -2.08. The molecule has 1 aromatic rings. The van der Waals surface area contributed by atoms with E-state index in [1.807, 2.05) is 11.8 Å². The van der Waals surface area contributed by atoms with E-state index in [0.29, 0.717) is 17.6 Å². The highest BCUT2D eigenvalue weighted by Crippen LogP contribution is 2.39. The van der Waals surface area contributed by atoms with Crippen LogP contribution < -0.4 is 15.4 Å². The van der Waals surface area contributed by atoms with Gasteiger partial charge in [0.1, 0.15) is 5.75 Å². The van der Waals surface area contributed by atoms with E-state index in [2.05, 4.69) is 10.6 Å². The fraction of sp³-hybridized carbons (Fsp3) is 0.619. The first-order chi connectivity index (χ1) is 13.1. The lowest BCUT2D eigenvalue weighted by Gasteiger charge is -2.37. The van der Waals surface area contributed by atoms with Crippen molar-refractivity contribution in [2.24, 2.45) is 5.41 Å². The molecule has 2 fully saturated rings. The van der Waals surface area contributed by atoms with Gasteiger partial charge in [-0.1, -0.05) is 6.92 Å². The zero-order valence-electron chi connectivity index (χ0n) is 16.3. The van der Waals surface area contributed by atoms with Gasteiger partial charge in [-0.25, -0.2) is 0 Å². The van der Waals surface area contributed by atoms with Gasteiger partial charge >= 0.3 is 0 Å². The summed E-state index contributed by atoms with van der Waals surface area (Å²) in [5.74, 6) is 0.679. The molecule has 2 amide bonds. The minimum Gasteiger partial charge on any atom is -0.484 e. The van der Waals surface area contributed by atoms with Crippen LogP contribution in [-0.4, -0.2) is 49.5 Å². The molecule has 0 aromatic heterocycles. The van der Waals surface area contributed by atoms with Crippen molar-refractivity contribution in [2.45, 2.75) is 45.4 Å². The van der Waals surface area contributed by atoms with Crippen molar-refractivity contribution >= 4 is 17.5 Å². The molecule has 148 valence electrons. The van der Waals surface area contributed by atoms with Crippen LogP contribution in [0.3, 0.4) is 0 Å². The molecule has 3 rings (SSSR count). The number of carbonyl (C=O) groups excluding carboxylic acids is 2. The number of piperidine rings is 1. The van der Waals surface area contributed by atoms with E-state index in [1.54, 1.807) is 24.3 Å². The number of hydrogen-bond donors (Lipinski definition) is 2. The lowest BCUT2D eigenvalue weighted by Crippen LogP contribution is -2.39. The van der Waals surface area contributed by atoms with Gasteiger partial charge in [0.15, 0.2) is 6.61 Å². The van der Waals surface area contributed by atoms with E-state index in [4.69, 9.17) is 4.74 Å². The van der Waals surface area contributed by atoms with Gasteiger partial charge in [0.25, 0.3) is 5.91 Å². The van der Waals surface area contributed by atoms with Crippen LogP contribution in [0.5, 0.6) is 5.75 Å². The van der Waals surface area contributed by atoms with Crippen LogP contribution in [0, 0.1) is 5.41 Å². The van der Waals surface area contributed by atoms with Crippen molar-refractivity contribution in [3.05, 3.63) is 24.3 Å². The average molecular weight is 373 g/mol. The highest BCUT2D eigenvalue weighted by atomic mass is 16.5. The number of hydrogen-bond acceptors (Lipinski definition) is 4. The van der Waals surface area contributed by atoms with E-state index < -0.39 is 0 Å². The van der Waals surface area contributed by atoms with Crippen molar-refractivity contribution in [3.63, 3.8) is 0 Å². The van der Waals surface area contributed by atoms with Gasteiger partial charge < -0.3 is 20.3 Å². The molecule has 1 aromatic carbocycles. The smallest absolute Gasteiger partial charge is 0.260 e. The van der Waals surface area contributed by atoms with Crippen LogP contribution in [0.2, 0.25) is 0 Å². The Morgan fingerprint density at radius 2 is 1.85 bits per heavy atom. The summed E-state index contributed by atoms with van der Waals surface area (Å²) in [6.45, 7) is 5.75. The summed E-state index contributed by atoms with van der Waals surface area (Å²) in [4.78, 5) is 25.9. The second kappa shape index (κ2) is 9.22. The third kappa shape index (κ3) is 5.45.